The Kier molecular flexibility index (Phi) is 4.39. The minimum atomic E-state index is -0.0525. The summed E-state index contributed by atoms with van der Waals surface area (Å²) in [6.07, 6.45) is 3.69. The first kappa shape index (κ1) is 12.1. The summed E-state index contributed by atoms with van der Waals surface area (Å²) in [5.74, 6) is 0.705. The molecule has 0 saturated carbocycles. The van der Waals surface area contributed by atoms with E-state index in [0.29, 0.717) is 12.2 Å². The van der Waals surface area contributed by atoms with E-state index in [9.17, 15) is 4.79 Å². The second-order valence-corrected chi connectivity index (χ2v) is 3.33. The van der Waals surface area contributed by atoms with E-state index < -0.39 is 0 Å². The lowest BCUT2D eigenvalue weighted by atomic mass is 10.1. The molecule has 0 aliphatic carbocycles. The highest BCUT2D eigenvalue weighted by atomic mass is 16.5. The van der Waals surface area contributed by atoms with Crippen LogP contribution < -0.4 is 15.8 Å². The standard InChI is InChI=1S/C12H16N2O2/c1-9(15)14-7-3-4-10-8-11(16-2)5-6-12(10)13/h3-6,8H,7,13H2,1-2H3,(H,14,15). The van der Waals surface area contributed by atoms with E-state index in [2.05, 4.69) is 5.32 Å². The van der Waals surface area contributed by atoms with Gasteiger partial charge in [-0.3, -0.25) is 4.79 Å². The average molecular weight is 220 g/mol. The molecule has 0 unspecified atom stereocenters. The number of amides is 1. The van der Waals surface area contributed by atoms with Crippen molar-refractivity contribution in [2.24, 2.45) is 0 Å². The summed E-state index contributed by atoms with van der Waals surface area (Å²) in [5.41, 5.74) is 7.35. The van der Waals surface area contributed by atoms with E-state index in [0.717, 1.165) is 11.3 Å². The van der Waals surface area contributed by atoms with Crippen LogP contribution >= 0.6 is 0 Å². The Morgan fingerprint density at radius 2 is 2.31 bits per heavy atom. The molecule has 1 aromatic rings. The largest absolute Gasteiger partial charge is 0.497 e. The smallest absolute Gasteiger partial charge is 0.217 e. The first-order chi connectivity index (χ1) is 7.63. The number of nitrogens with one attached hydrogen (secondary N) is 1. The predicted molar refractivity (Wildman–Crippen MR) is 65.1 cm³/mol. The number of anilines is 1. The Bertz CT molecular complexity index is 400. The number of nitrogen functional groups attached to an aromatic ring is 1. The molecule has 0 aliphatic rings. The van der Waals surface area contributed by atoms with Crippen LogP contribution in [0.2, 0.25) is 0 Å². The summed E-state index contributed by atoms with van der Waals surface area (Å²) in [6, 6.07) is 5.44. The summed E-state index contributed by atoms with van der Waals surface area (Å²) < 4.78 is 5.10. The molecule has 0 aliphatic heterocycles. The van der Waals surface area contributed by atoms with Gasteiger partial charge in [0.25, 0.3) is 0 Å². The van der Waals surface area contributed by atoms with Gasteiger partial charge in [0.2, 0.25) is 5.91 Å². The molecule has 1 aromatic carbocycles. The van der Waals surface area contributed by atoms with Crippen molar-refractivity contribution >= 4 is 17.7 Å². The van der Waals surface area contributed by atoms with Gasteiger partial charge in [0.15, 0.2) is 0 Å². The van der Waals surface area contributed by atoms with Crippen LogP contribution in [0.15, 0.2) is 24.3 Å². The lowest BCUT2D eigenvalue weighted by Gasteiger charge is -2.04. The Labute approximate surface area is 95.1 Å². The van der Waals surface area contributed by atoms with Crippen molar-refractivity contribution in [1.29, 1.82) is 0 Å². The molecule has 1 amide bonds. The number of methoxy groups -OCH3 is 1. The van der Waals surface area contributed by atoms with Gasteiger partial charge in [-0.05, 0) is 18.2 Å². The summed E-state index contributed by atoms with van der Waals surface area (Å²) >= 11 is 0. The molecule has 0 spiro atoms. The molecule has 0 bridgehead atoms. The van der Waals surface area contributed by atoms with Crippen LogP contribution in [0.4, 0.5) is 5.69 Å². The van der Waals surface area contributed by atoms with Crippen LogP contribution in [-0.4, -0.2) is 19.6 Å². The molecular formula is C12H16N2O2. The molecule has 0 saturated heterocycles. The Balaban J connectivity index is 2.68. The van der Waals surface area contributed by atoms with Crippen molar-refractivity contribution in [3.05, 3.63) is 29.8 Å². The zero-order chi connectivity index (χ0) is 12.0. The van der Waals surface area contributed by atoms with Crippen molar-refractivity contribution in [3.63, 3.8) is 0 Å². The average Bonchev–Trinajstić information content (AvgIpc) is 2.26. The highest BCUT2D eigenvalue weighted by Crippen LogP contribution is 2.20. The Hall–Kier alpha value is -1.97. The lowest BCUT2D eigenvalue weighted by molar-refractivity contribution is -0.118. The van der Waals surface area contributed by atoms with E-state index in [1.165, 1.54) is 6.92 Å². The first-order valence-corrected chi connectivity index (χ1v) is 4.98. The summed E-state index contributed by atoms with van der Waals surface area (Å²) in [6.45, 7) is 1.97. The van der Waals surface area contributed by atoms with Crippen LogP contribution in [0, 0.1) is 0 Å². The fraction of sp³-hybridized carbons (Fsp3) is 0.250. The fourth-order valence-corrected chi connectivity index (χ4v) is 1.21. The van der Waals surface area contributed by atoms with E-state index in [-0.39, 0.29) is 5.91 Å². The lowest BCUT2D eigenvalue weighted by Crippen LogP contribution is -2.19. The SMILES string of the molecule is COc1ccc(N)c(C=CCNC(C)=O)c1. The van der Waals surface area contributed by atoms with E-state index in [1.54, 1.807) is 19.2 Å². The number of hydrogen-bond acceptors (Lipinski definition) is 3. The molecule has 16 heavy (non-hydrogen) atoms. The van der Waals surface area contributed by atoms with Gasteiger partial charge in [-0.15, -0.1) is 0 Å². The number of hydrogen-bond donors (Lipinski definition) is 2. The van der Waals surface area contributed by atoms with Crippen LogP contribution in [-0.2, 0) is 4.79 Å². The summed E-state index contributed by atoms with van der Waals surface area (Å²) in [5, 5.41) is 2.67. The molecule has 0 fully saturated rings. The first-order valence-electron chi connectivity index (χ1n) is 4.98. The zero-order valence-electron chi connectivity index (χ0n) is 9.49. The van der Waals surface area contributed by atoms with Crippen LogP contribution in [0.3, 0.4) is 0 Å². The predicted octanol–water partition coefficient (Wildman–Crippen LogP) is 1.43. The molecule has 0 radical (unpaired) electrons. The van der Waals surface area contributed by atoms with Gasteiger partial charge in [0.1, 0.15) is 5.75 Å². The highest BCUT2D eigenvalue weighted by Gasteiger charge is 1.97. The van der Waals surface area contributed by atoms with Gasteiger partial charge in [-0.25, -0.2) is 0 Å². The number of carbonyl (C=O) groups excluding carboxylic acids is 1. The normalized spacial score (nSPS) is 10.4. The molecule has 4 nitrogen and oxygen atoms in total. The number of rotatable bonds is 4. The van der Waals surface area contributed by atoms with Crippen LogP contribution in [0.5, 0.6) is 5.75 Å². The maximum Gasteiger partial charge on any atom is 0.217 e. The van der Waals surface area contributed by atoms with Crippen LogP contribution in [0.25, 0.3) is 6.08 Å². The molecule has 1 rings (SSSR count). The number of carbonyl (C=O) groups is 1. The van der Waals surface area contributed by atoms with E-state index in [1.807, 2.05) is 18.2 Å². The van der Waals surface area contributed by atoms with E-state index >= 15 is 0 Å². The second kappa shape index (κ2) is 5.80. The van der Waals surface area contributed by atoms with Crippen molar-refractivity contribution in [1.82, 2.24) is 5.32 Å². The minimum Gasteiger partial charge on any atom is -0.497 e. The second-order valence-electron chi connectivity index (χ2n) is 3.33. The van der Waals surface area contributed by atoms with E-state index in [4.69, 9.17) is 10.5 Å². The molecule has 0 heterocycles. The maximum absolute atomic E-state index is 10.6. The molecular weight excluding hydrogens is 204 g/mol. The van der Waals surface area contributed by atoms with Crippen molar-refractivity contribution in [3.8, 4) is 5.75 Å². The zero-order valence-corrected chi connectivity index (χ0v) is 9.49. The van der Waals surface area contributed by atoms with Gasteiger partial charge in [0.05, 0.1) is 7.11 Å². The van der Waals surface area contributed by atoms with Crippen molar-refractivity contribution < 1.29 is 9.53 Å². The topological polar surface area (TPSA) is 64.3 Å². The maximum atomic E-state index is 10.6. The van der Waals surface area contributed by atoms with Crippen LogP contribution in [0.1, 0.15) is 12.5 Å². The Morgan fingerprint density at radius 3 is 2.94 bits per heavy atom. The fourth-order valence-electron chi connectivity index (χ4n) is 1.21. The summed E-state index contributed by atoms with van der Waals surface area (Å²) in [4.78, 5) is 10.6. The highest BCUT2D eigenvalue weighted by molar-refractivity contribution is 5.73. The van der Waals surface area contributed by atoms with Gasteiger partial charge in [0, 0.05) is 24.7 Å². The van der Waals surface area contributed by atoms with Crippen molar-refractivity contribution in [2.45, 2.75) is 6.92 Å². The molecule has 0 atom stereocenters. The van der Waals surface area contributed by atoms with Gasteiger partial charge in [-0.2, -0.15) is 0 Å². The third-order valence-electron chi connectivity index (χ3n) is 2.06. The van der Waals surface area contributed by atoms with Gasteiger partial charge < -0.3 is 15.8 Å². The van der Waals surface area contributed by atoms with Gasteiger partial charge in [-0.1, -0.05) is 12.2 Å². The Morgan fingerprint density at radius 1 is 1.56 bits per heavy atom. The number of nitrogens with two attached hydrogens (primary N) is 1. The van der Waals surface area contributed by atoms with Gasteiger partial charge >= 0.3 is 0 Å². The third kappa shape index (κ3) is 3.65. The molecule has 3 N–H and O–H groups in total. The minimum absolute atomic E-state index is 0.0525. The summed E-state index contributed by atoms with van der Waals surface area (Å²) in [7, 11) is 1.61. The number of ether oxygens (including phenoxy) is 1. The quantitative estimate of drug-likeness (QED) is 0.754. The molecule has 0 aromatic heterocycles. The third-order valence-corrected chi connectivity index (χ3v) is 2.06. The molecule has 86 valence electrons. The molecule has 4 heteroatoms. The number of benzene rings is 1. The van der Waals surface area contributed by atoms with Crippen molar-refractivity contribution in [2.75, 3.05) is 19.4 Å². The monoisotopic (exact) mass is 220 g/mol.